The molecular formula is C20H29NO8. The summed E-state index contributed by atoms with van der Waals surface area (Å²) in [5, 5.41) is 8.73. The maximum absolute atomic E-state index is 12.9. The van der Waals surface area contributed by atoms with Crippen LogP contribution >= 0.6 is 0 Å². The number of hydrogen-bond donors (Lipinski definition) is 1. The van der Waals surface area contributed by atoms with Gasteiger partial charge in [0.1, 0.15) is 6.61 Å². The molecule has 1 heterocycles. The van der Waals surface area contributed by atoms with Gasteiger partial charge in [-0.15, -0.1) is 0 Å². The van der Waals surface area contributed by atoms with Gasteiger partial charge in [0.2, 0.25) is 5.91 Å². The highest BCUT2D eigenvalue weighted by Crippen LogP contribution is 2.24. The van der Waals surface area contributed by atoms with Gasteiger partial charge in [-0.05, 0) is 37.8 Å². The summed E-state index contributed by atoms with van der Waals surface area (Å²) in [4.78, 5) is 61.6. The largest absolute Gasteiger partial charge is 0.453 e. The number of aliphatic hydroxyl groups excluding tert-OH is 1. The number of unbranched alkanes of at least 4 members (excludes halogenated alkanes) is 1. The molecule has 0 unspecified atom stereocenters. The lowest BCUT2D eigenvalue weighted by molar-refractivity contribution is -0.158. The van der Waals surface area contributed by atoms with Gasteiger partial charge in [-0.3, -0.25) is 19.2 Å². The molecule has 1 aliphatic heterocycles. The van der Waals surface area contributed by atoms with Crippen LogP contribution in [0.15, 0.2) is 12.2 Å². The third-order valence-electron chi connectivity index (χ3n) is 4.59. The van der Waals surface area contributed by atoms with Crippen LogP contribution in [0.5, 0.6) is 0 Å². The first-order valence-corrected chi connectivity index (χ1v) is 9.62. The highest BCUT2D eigenvalue weighted by atomic mass is 16.6. The van der Waals surface area contributed by atoms with Crippen LogP contribution in [0.4, 0.5) is 4.79 Å². The Labute approximate surface area is 170 Å². The highest BCUT2D eigenvalue weighted by molar-refractivity contribution is 6.04. The number of esters is 1. The van der Waals surface area contributed by atoms with Crippen molar-refractivity contribution in [1.29, 1.82) is 0 Å². The van der Waals surface area contributed by atoms with E-state index in [0.717, 1.165) is 24.0 Å². The number of nitrogens with zero attached hydrogens (tertiary/aromatic N) is 1. The number of ketones is 2. The number of hydrogen-bond acceptors (Lipinski definition) is 8. The molecule has 29 heavy (non-hydrogen) atoms. The summed E-state index contributed by atoms with van der Waals surface area (Å²) in [6.07, 6.45) is 0.871. The maximum Gasteiger partial charge on any atom is 0.416 e. The van der Waals surface area contributed by atoms with Crippen molar-refractivity contribution in [2.24, 2.45) is 11.8 Å². The number of carbonyl (C=O) groups excluding carboxylic acids is 5. The van der Waals surface area contributed by atoms with Crippen molar-refractivity contribution in [1.82, 2.24) is 4.90 Å². The van der Waals surface area contributed by atoms with Crippen molar-refractivity contribution in [3.8, 4) is 0 Å². The summed E-state index contributed by atoms with van der Waals surface area (Å²) in [6, 6.07) is -0.478. The van der Waals surface area contributed by atoms with Gasteiger partial charge < -0.3 is 14.6 Å². The Morgan fingerprint density at radius 1 is 1.21 bits per heavy atom. The number of amides is 2. The van der Waals surface area contributed by atoms with Crippen molar-refractivity contribution in [3.05, 3.63) is 12.2 Å². The summed E-state index contributed by atoms with van der Waals surface area (Å²) < 4.78 is 9.99. The second-order valence-corrected chi connectivity index (χ2v) is 7.30. The van der Waals surface area contributed by atoms with Crippen molar-refractivity contribution < 1.29 is 38.6 Å². The molecule has 9 nitrogen and oxygen atoms in total. The Morgan fingerprint density at radius 2 is 1.86 bits per heavy atom. The van der Waals surface area contributed by atoms with Crippen molar-refractivity contribution in [2.75, 3.05) is 13.2 Å². The summed E-state index contributed by atoms with van der Waals surface area (Å²) in [7, 11) is 0. The lowest BCUT2D eigenvalue weighted by Crippen LogP contribution is -2.48. The summed E-state index contributed by atoms with van der Waals surface area (Å²) in [5.41, 5.74) is 0. The first-order chi connectivity index (χ1) is 13.6. The molecule has 3 atom stereocenters. The molecule has 0 aromatic rings. The molecule has 162 valence electrons. The SMILES string of the molecule is CC(=O)O[C@@H](C(=O)C=CC(=O)CCCCO)[C@@H](C)C(=O)N1C(=O)OC[C@H]1C(C)C. The zero-order valence-corrected chi connectivity index (χ0v) is 17.3. The van der Waals surface area contributed by atoms with Gasteiger partial charge in [0, 0.05) is 20.0 Å². The number of rotatable bonds is 11. The molecule has 2 amide bonds. The molecule has 0 bridgehead atoms. The first-order valence-electron chi connectivity index (χ1n) is 9.62. The summed E-state index contributed by atoms with van der Waals surface area (Å²) >= 11 is 0. The van der Waals surface area contributed by atoms with Crippen molar-refractivity contribution >= 4 is 29.5 Å². The van der Waals surface area contributed by atoms with E-state index >= 15 is 0 Å². The van der Waals surface area contributed by atoms with E-state index in [1.807, 2.05) is 13.8 Å². The minimum atomic E-state index is -1.47. The first kappa shape index (κ1) is 24.5. The third-order valence-corrected chi connectivity index (χ3v) is 4.59. The van der Waals surface area contributed by atoms with Crippen LogP contribution in [0.25, 0.3) is 0 Å². The number of aliphatic hydroxyl groups is 1. The van der Waals surface area contributed by atoms with Crippen LogP contribution < -0.4 is 0 Å². The van der Waals surface area contributed by atoms with E-state index in [1.54, 1.807) is 0 Å². The minimum Gasteiger partial charge on any atom is -0.453 e. The van der Waals surface area contributed by atoms with Crippen molar-refractivity contribution in [3.63, 3.8) is 0 Å². The van der Waals surface area contributed by atoms with Gasteiger partial charge >= 0.3 is 12.1 Å². The van der Waals surface area contributed by atoms with Gasteiger partial charge in [0.25, 0.3) is 0 Å². The van der Waals surface area contributed by atoms with Crippen LogP contribution in [0.3, 0.4) is 0 Å². The number of carbonyl (C=O) groups is 5. The number of ether oxygens (including phenoxy) is 2. The lowest BCUT2D eigenvalue weighted by Gasteiger charge is -2.28. The topological polar surface area (TPSA) is 127 Å². The van der Waals surface area contributed by atoms with Gasteiger partial charge in [-0.1, -0.05) is 13.8 Å². The van der Waals surface area contributed by atoms with E-state index in [9.17, 15) is 24.0 Å². The van der Waals surface area contributed by atoms with Gasteiger partial charge in [-0.25, -0.2) is 9.69 Å². The van der Waals surface area contributed by atoms with Gasteiger partial charge in [0.05, 0.1) is 12.0 Å². The van der Waals surface area contributed by atoms with E-state index < -0.39 is 41.8 Å². The standard InChI is InChI=1S/C20H29NO8/c1-12(2)16-11-28-20(27)21(16)19(26)13(3)18(29-14(4)23)17(25)9-8-15(24)7-5-6-10-22/h8-9,12-13,16,18,22H,5-7,10-11H2,1-4H3/t13-,16+,18-/m1/s1. The molecule has 0 aliphatic carbocycles. The minimum absolute atomic E-state index is 0.0274. The molecule has 0 aromatic carbocycles. The molecule has 1 saturated heterocycles. The highest BCUT2D eigenvalue weighted by Gasteiger charge is 2.44. The van der Waals surface area contributed by atoms with Crippen LogP contribution in [-0.2, 0) is 28.7 Å². The lowest BCUT2D eigenvalue weighted by atomic mass is 9.96. The predicted octanol–water partition coefficient (Wildman–Crippen LogP) is 1.41. The molecule has 9 heteroatoms. The summed E-state index contributed by atoms with van der Waals surface area (Å²) in [6.45, 7) is 6.18. The van der Waals surface area contributed by atoms with Crippen LogP contribution in [0, 0.1) is 11.8 Å². The maximum atomic E-state index is 12.9. The number of imide groups is 1. The fraction of sp³-hybridized carbons (Fsp3) is 0.650. The van der Waals surface area contributed by atoms with E-state index in [4.69, 9.17) is 14.6 Å². The molecule has 1 aliphatic rings. The molecule has 1 rings (SSSR count). The molecule has 0 radical (unpaired) electrons. The van der Waals surface area contributed by atoms with Crippen LogP contribution in [-0.4, -0.2) is 64.9 Å². The van der Waals surface area contributed by atoms with Crippen molar-refractivity contribution in [2.45, 2.75) is 59.1 Å². The molecule has 1 N–H and O–H groups in total. The molecule has 0 aromatic heterocycles. The average molecular weight is 411 g/mol. The Kier molecular flexibility index (Phi) is 9.67. The third kappa shape index (κ3) is 7.08. The Balaban J connectivity index is 2.94. The average Bonchev–Trinajstić information content (AvgIpc) is 3.04. The summed E-state index contributed by atoms with van der Waals surface area (Å²) in [5.74, 6) is -3.71. The van der Waals surface area contributed by atoms with E-state index in [2.05, 4.69) is 0 Å². The van der Waals surface area contributed by atoms with Crippen LogP contribution in [0.2, 0.25) is 0 Å². The smallest absolute Gasteiger partial charge is 0.416 e. The fourth-order valence-corrected chi connectivity index (χ4v) is 2.88. The Bertz CT molecular complexity index is 669. The van der Waals surface area contributed by atoms with E-state index in [-0.39, 0.29) is 31.3 Å². The number of cyclic esters (lactones) is 1. The molecule has 1 fully saturated rings. The molecule has 0 spiro atoms. The molecular weight excluding hydrogens is 382 g/mol. The monoisotopic (exact) mass is 411 g/mol. The second-order valence-electron chi connectivity index (χ2n) is 7.30. The zero-order valence-electron chi connectivity index (χ0n) is 17.3. The second kappa shape index (κ2) is 11.5. The Morgan fingerprint density at radius 3 is 2.41 bits per heavy atom. The zero-order chi connectivity index (χ0) is 22.1. The fourth-order valence-electron chi connectivity index (χ4n) is 2.88. The molecule has 0 saturated carbocycles. The van der Waals surface area contributed by atoms with Gasteiger partial charge in [-0.2, -0.15) is 0 Å². The Hall–Kier alpha value is -2.55. The number of allylic oxidation sites excluding steroid dienone is 1. The van der Waals surface area contributed by atoms with E-state index in [1.165, 1.54) is 6.92 Å². The normalized spacial score (nSPS) is 18.6. The van der Waals surface area contributed by atoms with E-state index in [0.29, 0.717) is 12.8 Å². The predicted molar refractivity (Wildman–Crippen MR) is 102 cm³/mol. The van der Waals surface area contributed by atoms with Crippen LogP contribution in [0.1, 0.15) is 47.0 Å². The quantitative estimate of drug-likeness (QED) is 0.307. The van der Waals surface area contributed by atoms with Gasteiger partial charge in [0.15, 0.2) is 17.7 Å².